The Morgan fingerprint density at radius 2 is 1.72 bits per heavy atom. The van der Waals surface area contributed by atoms with Crippen LogP contribution in [0.5, 0.6) is 0 Å². The van der Waals surface area contributed by atoms with E-state index < -0.39 is 48.4 Å². The van der Waals surface area contributed by atoms with Gasteiger partial charge in [-0.3, -0.25) is 19.4 Å². The van der Waals surface area contributed by atoms with Crippen LogP contribution in [0.25, 0.3) is 0 Å². The fraction of sp³-hybridized carbons (Fsp3) is 0.737. The van der Waals surface area contributed by atoms with Gasteiger partial charge in [-0.25, -0.2) is 4.79 Å². The molecular formula is C19H37N7O5S. The molecule has 4 unspecified atom stereocenters. The van der Waals surface area contributed by atoms with E-state index in [0.717, 1.165) is 0 Å². The van der Waals surface area contributed by atoms with E-state index in [-0.39, 0.29) is 24.8 Å². The summed E-state index contributed by atoms with van der Waals surface area (Å²) in [6.07, 6.45) is 3.41. The standard InChI is InChI=1S/C19H37N7O5S/c1-4-11(2)15(20)17(29)26-12(7-9-32-3)16(28)24-10-14(27)25-13(18(30)31)6-5-8-23-19(21)22/h11-13,15H,4-10,20H2,1-3H3,(H,24,28)(H,25,27)(H,26,29)(H,30,31)(H4,21,22,23). The highest BCUT2D eigenvalue weighted by molar-refractivity contribution is 7.98. The Hall–Kier alpha value is -2.54. The fourth-order valence-corrected chi connectivity index (χ4v) is 3.05. The molecular weight excluding hydrogens is 438 g/mol. The van der Waals surface area contributed by atoms with Crippen molar-refractivity contribution < 1.29 is 24.3 Å². The van der Waals surface area contributed by atoms with Crippen molar-refractivity contribution in [2.75, 3.05) is 25.1 Å². The zero-order valence-corrected chi connectivity index (χ0v) is 19.7. The summed E-state index contributed by atoms with van der Waals surface area (Å²) in [7, 11) is 0. The van der Waals surface area contributed by atoms with Crippen molar-refractivity contribution in [1.29, 1.82) is 0 Å². The van der Waals surface area contributed by atoms with Crippen LogP contribution in [0, 0.1) is 5.92 Å². The number of carbonyl (C=O) groups is 4. The van der Waals surface area contributed by atoms with Crippen LogP contribution in [0.2, 0.25) is 0 Å². The second kappa shape index (κ2) is 16.1. The van der Waals surface area contributed by atoms with Crippen molar-refractivity contribution in [2.45, 2.75) is 57.7 Å². The van der Waals surface area contributed by atoms with Gasteiger partial charge >= 0.3 is 5.97 Å². The molecule has 0 aliphatic rings. The van der Waals surface area contributed by atoms with Gasteiger partial charge < -0.3 is 38.3 Å². The number of rotatable bonds is 16. The molecule has 0 aromatic rings. The Morgan fingerprint density at radius 3 is 2.25 bits per heavy atom. The second-order valence-corrected chi connectivity index (χ2v) is 8.36. The molecule has 0 heterocycles. The summed E-state index contributed by atoms with van der Waals surface area (Å²) in [5.41, 5.74) is 16.3. The molecule has 0 aliphatic heterocycles. The van der Waals surface area contributed by atoms with Crippen LogP contribution in [0.3, 0.4) is 0 Å². The van der Waals surface area contributed by atoms with Gasteiger partial charge in [0.1, 0.15) is 12.1 Å². The van der Waals surface area contributed by atoms with Crippen LogP contribution in [0.4, 0.5) is 0 Å². The van der Waals surface area contributed by atoms with Gasteiger partial charge in [-0.05, 0) is 37.2 Å². The maximum absolute atomic E-state index is 12.5. The Kier molecular flexibility index (Phi) is 14.9. The Labute approximate surface area is 192 Å². The maximum atomic E-state index is 12.5. The number of guanidine groups is 1. The Balaban J connectivity index is 4.79. The van der Waals surface area contributed by atoms with Crippen molar-refractivity contribution in [3.63, 3.8) is 0 Å². The topological polar surface area (TPSA) is 215 Å². The van der Waals surface area contributed by atoms with E-state index in [1.54, 1.807) is 0 Å². The van der Waals surface area contributed by atoms with Crippen LogP contribution in [0.15, 0.2) is 4.99 Å². The van der Waals surface area contributed by atoms with Gasteiger partial charge in [-0.2, -0.15) is 11.8 Å². The molecule has 0 fully saturated rings. The first-order valence-corrected chi connectivity index (χ1v) is 11.8. The molecule has 0 saturated carbocycles. The number of amides is 3. The molecule has 32 heavy (non-hydrogen) atoms. The van der Waals surface area contributed by atoms with Crippen LogP contribution in [-0.4, -0.2) is 78.0 Å². The number of thioether (sulfide) groups is 1. The van der Waals surface area contributed by atoms with Crippen molar-refractivity contribution >= 4 is 41.4 Å². The molecule has 0 bridgehead atoms. The summed E-state index contributed by atoms with van der Waals surface area (Å²) < 4.78 is 0. The quantitative estimate of drug-likeness (QED) is 0.0771. The third-order valence-electron chi connectivity index (χ3n) is 4.81. The third kappa shape index (κ3) is 12.3. The van der Waals surface area contributed by atoms with Gasteiger partial charge in [0.2, 0.25) is 17.7 Å². The highest BCUT2D eigenvalue weighted by atomic mass is 32.2. The zero-order valence-electron chi connectivity index (χ0n) is 18.9. The number of carbonyl (C=O) groups excluding carboxylic acids is 3. The molecule has 13 heteroatoms. The normalized spacial score (nSPS) is 14.4. The van der Waals surface area contributed by atoms with Crippen LogP contribution >= 0.6 is 11.8 Å². The lowest BCUT2D eigenvalue weighted by Crippen LogP contribution is -2.54. The first-order valence-electron chi connectivity index (χ1n) is 10.4. The van der Waals surface area contributed by atoms with Gasteiger partial charge in [0.25, 0.3) is 0 Å². The highest BCUT2D eigenvalue weighted by Crippen LogP contribution is 2.07. The average molecular weight is 476 g/mol. The number of hydrogen-bond donors (Lipinski definition) is 7. The van der Waals surface area contributed by atoms with E-state index in [0.29, 0.717) is 25.0 Å². The lowest BCUT2D eigenvalue weighted by atomic mass is 9.99. The molecule has 0 aromatic carbocycles. The van der Waals surface area contributed by atoms with E-state index in [1.807, 2.05) is 20.1 Å². The van der Waals surface area contributed by atoms with Crippen molar-refractivity contribution in [2.24, 2.45) is 28.1 Å². The third-order valence-corrected chi connectivity index (χ3v) is 5.45. The van der Waals surface area contributed by atoms with E-state index in [4.69, 9.17) is 17.2 Å². The molecule has 4 atom stereocenters. The summed E-state index contributed by atoms with van der Waals surface area (Å²) >= 11 is 1.51. The summed E-state index contributed by atoms with van der Waals surface area (Å²) in [4.78, 5) is 52.1. The van der Waals surface area contributed by atoms with Gasteiger partial charge in [-0.15, -0.1) is 0 Å². The largest absolute Gasteiger partial charge is 0.480 e. The molecule has 10 N–H and O–H groups in total. The molecule has 0 radical (unpaired) electrons. The van der Waals surface area contributed by atoms with Crippen LogP contribution < -0.4 is 33.2 Å². The van der Waals surface area contributed by atoms with Gasteiger partial charge in [0, 0.05) is 6.54 Å². The van der Waals surface area contributed by atoms with Gasteiger partial charge in [0.05, 0.1) is 12.6 Å². The number of nitrogens with zero attached hydrogens (tertiary/aromatic N) is 1. The number of carboxylic acid groups (broad SMARTS) is 1. The monoisotopic (exact) mass is 475 g/mol. The molecule has 3 amide bonds. The van der Waals surface area contributed by atoms with Crippen molar-refractivity contribution in [3.05, 3.63) is 0 Å². The zero-order chi connectivity index (χ0) is 24.7. The molecule has 0 rings (SSSR count). The minimum atomic E-state index is -1.21. The number of nitrogens with one attached hydrogen (secondary N) is 3. The average Bonchev–Trinajstić information content (AvgIpc) is 2.75. The van der Waals surface area contributed by atoms with Gasteiger partial charge in [0.15, 0.2) is 5.96 Å². The number of hydrogen-bond acceptors (Lipinski definition) is 7. The highest BCUT2D eigenvalue weighted by Gasteiger charge is 2.26. The van der Waals surface area contributed by atoms with E-state index in [2.05, 4.69) is 20.9 Å². The van der Waals surface area contributed by atoms with Crippen LogP contribution in [0.1, 0.15) is 39.5 Å². The lowest BCUT2D eigenvalue weighted by Gasteiger charge is -2.23. The van der Waals surface area contributed by atoms with Crippen LogP contribution in [-0.2, 0) is 19.2 Å². The first-order chi connectivity index (χ1) is 15.0. The van der Waals surface area contributed by atoms with Crippen molar-refractivity contribution in [1.82, 2.24) is 16.0 Å². The fourth-order valence-electron chi connectivity index (χ4n) is 2.58. The number of carboxylic acids is 1. The van der Waals surface area contributed by atoms with Gasteiger partial charge in [-0.1, -0.05) is 20.3 Å². The molecule has 0 saturated heterocycles. The smallest absolute Gasteiger partial charge is 0.326 e. The minimum absolute atomic E-state index is 0.0509. The summed E-state index contributed by atoms with van der Waals surface area (Å²) in [5, 5.41) is 16.7. The van der Waals surface area contributed by atoms with E-state index in [9.17, 15) is 24.3 Å². The molecule has 184 valence electrons. The number of nitrogens with two attached hydrogens (primary N) is 3. The molecule has 0 aromatic heterocycles. The second-order valence-electron chi connectivity index (χ2n) is 7.38. The Morgan fingerprint density at radius 1 is 1.06 bits per heavy atom. The summed E-state index contributed by atoms with van der Waals surface area (Å²) in [6, 6.07) is -2.75. The van der Waals surface area contributed by atoms with E-state index >= 15 is 0 Å². The predicted octanol–water partition coefficient (Wildman–Crippen LogP) is -1.66. The molecule has 12 nitrogen and oxygen atoms in total. The number of aliphatic carboxylic acids is 1. The molecule has 0 aliphatic carbocycles. The summed E-state index contributed by atoms with van der Waals surface area (Å²) in [6.45, 7) is 3.56. The number of aliphatic imine (C=N–C) groups is 1. The Bertz CT molecular complexity index is 658. The lowest BCUT2D eigenvalue weighted by molar-refractivity contribution is -0.142. The predicted molar refractivity (Wildman–Crippen MR) is 125 cm³/mol. The van der Waals surface area contributed by atoms with E-state index in [1.165, 1.54) is 11.8 Å². The SMILES string of the molecule is CCC(C)C(N)C(=O)NC(CCSC)C(=O)NCC(=O)NC(CCCN=C(N)N)C(=O)O. The minimum Gasteiger partial charge on any atom is -0.480 e. The summed E-state index contributed by atoms with van der Waals surface area (Å²) in [5.74, 6) is -2.39. The molecule has 0 spiro atoms. The maximum Gasteiger partial charge on any atom is 0.326 e. The van der Waals surface area contributed by atoms with Crippen molar-refractivity contribution in [3.8, 4) is 0 Å². The first kappa shape index (κ1) is 29.5.